The van der Waals surface area contributed by atoms with E-state index in [4.69, 9.17) is 0 Å². The van der Waals surface area contributed by atoms with Crippen LogP contribution in [-0.2, 0) is 12.8 Å². The molecule has 2 aromatic rings. The van der Waals surface area contributed by atoms with E-state index >= 15 is 0 Å². The third kappa shape index (κ3) is 5.28. The van der Waals surface area contributed by atoms with Gasteiger partial charge in [0.1, 0.15) is 0 Å². The Kier molecular flexibility index (Phi) is 7.02. The molecule has 2 amide bonds. The third-order valence-corrected chi connectivity index (χ3v) is 7.72. The molecule has 0 saturated heterocycles. The van der Waals surface area contributed by atoms with E-state index in [1.165, 1.54) is 61.6 Å². The lowest BCUT2D eigenvalue weighted by Gasteiger charge is -2.41. The van der Waals surface area contributed by atoms with Crippen LogP contribution in [0.3, 0.4) is 0 Å². The quantitative estimate of drug-likeness (QED) is 0.674. The number of rotatable bonds is 6. The lowest BCUT2D eigenvalue weighted by Crippen LogP contribution is -2.50. The molecule has 0 unspecified atom stereocenters. The van der Waals surface area contributed by atoms with Gasteiger partial charge in [-0.05, 0) is 36.1 Å². The molecule has 4 rings (SSSR count). The Morgan fingerprint density at radius 1 is 1.17 bits per heavy atom. The van der Waals surface area contributed by atoms with Crippen LogP contribution in [0.15, 0.2) is 10.5 Å². The van der Waals surface area contributed by atoms with Crippen molar-refractivity contribution in [2.75, 3.05) is 5.32 Å². The molecule has 8 nitrogen and oxygen atoms in total. The Bertz CT molecular complexity index is 778. The van der Waals surface area contributed by atoms with Crippen LogP contribution in [0, 0.1) is 0 Å². The second-order valence-corrected chi connectivity index (χ2v) is 9.74. The van der Waals surface area contributed by atoms with Crippen LogP contribution in [0.25, 0.3) is 0 Å². The van der Waals surface area contributed by atoms with Gasteiger partial charge in [-0.3, -0.25) is 5.32 Å². The number of hydrogen-bond acceptors (Lipinski definition) is 7. The molecule has 2 fully saturated rings. The van der Waals surface area contributed by atoms with Crippen LogP contribution in [0.2, 0.25) is 0 Å². The molecule has 0 aromatic carbocycles. The van der Waals surface area contributed by atoms with Gasteiger partial charge in [0.25, 0.3) is 0 Å². The SMILES string of the molecule is Cn1nnnc1SCc1csc(NC(=O)N(C2CCCCC2)C2CCCCC2)n1. The van der Waals surface area contributed by atoms with Crippen molar-refractivity contribution < 1.29 is 4.79 Å². The molecule has 29 heavy (non-hydrogen) atoms. The van der Waals surface area contributed by atoms with Crippen LogP contribution in [0.5, 0.6) is 0 Å². The highest BCUT2D eigenvalue weighted by Gasteiger charge is 2.32. The second-order valence-electron chi connectivity index (χ2n) is 7.94. The van der Waals surface area contributed by atoms with Gasteiger partial charge in [-0.2, -0.15) is 0 Å². The van der Waals surface area contributed by atoms with Crippen molar-refractivity contribution in [2.24, 2.45) is 7.05 Å². The standard InChI is InChI=1S/C19H29N7OS2/c1-25-19(22-23-24-25)29-13-14-12-28-17(20-14)21-18(27)26(15-8-4-2-5-9-15)16-10-6-3-7-11-16/h12,15-16H,2-11,13H2,1H3,(H,20,21,27). The summed E-state index contributed by atoms with van der Waals surface area (Å²) in [6, 6.07) is 0.797. The molecule has 2 saturated carbocycles. The Morgan fingerprint density at radius 3 is 2.41 bits per heavy atom. The fourth-order valence-electron chi connectivity index (χ4n) is 4.42. The van der Waals surface area contributed by atoms with Crippen molar-refractivity contribution in [1.29, 1.82) is 0 Å². The van der Waals surface area contributed by atoms with Gasteiger partial charge >= 0.3 is 6.03 Å². The first-order valence-electron chi connectivity index (χ1n) is 10.6. The van der Waals surface area contributed by atoms with Crippen LogP contribution in [-0.4, -0.2) is 48.2 Å². The predicted molar refractivity (Wildman–Crippen MR) is 115 cm³/mol. The van der Waals surface area contributed by atoms with Crippen molar-refractivity contribution in [3.05, 3.63) is 11.1 Å². The van der Waals surface area contributed by atoms with Crippen molar-refractivity contribution in [3.63, 3.8) is 0 Å². The molecule has 2 aliphatic rings. The molecule has 0 bridgehead atoms. The Labute approximate surface area is 179 Å². The summed E-state index contributed by atoms with van der Waals surface area (Å²) >= 11 is 3.03. The maximum Gasteiger partial charge on any atom is 0.324 e. The summed E-state index contributed by atoms with van der Waals surface area (Å²) in [6.07, 6.45) is 12.1. The van der Waals surface area contributed by atoms with Crippen molar-refractivity contribution in [2.45, 2.75) is 87.2 Å². The first-order valence-corrected chi connectivity index (χ1v) is 12.5. The summed E-state index contributed by atoms with van der Waals surface area (Å²) < 4.78 is 1.64. The minimum Gasteiger partial charge on any atom is -0.319 e. The van der Waals surface area contributed by atoms with Gasteiger partial charge in [0.05, 0.1) is 5.69 Å². The molecule has 2 heterocycles. The van der Waals surface area contributed by atoms with Gasteiger partial charge in [0, 0.05) is 30.3 Å². The minimum absolute atomic E-state index is 0.0369. The second kappa shape index (κ2) is 9.88. The molecule has 1 N–H and O–H groups in total. The van der Waals surface area contributed by atoms with E-state index in [9.17, 15) is 4.79 Å². The van der Waals surface area contributed by atoms with Gasteiger partial charge in [-0.25, -0.2) is 14.5 Å². The third-order valence-electron chi connectivity index (χ3n) is 5.87. The van der Waals surface area contributed by atoms with E-state index < -0.39 is 0 Å². The molecule has 0 radical (unpaired) electrons. The fraction of sp³-hybridized carbons (Fsp3) is 0.737. The topological polar surface area (TPSA) is 88.8 Å². The zero-order valence-electron chi connectivity index (χ0n) is 16.9. The average molecular weight is 436 g/mol. The average Bonchev–Trinajstić information content (AvgIpc) is 3.36. The number of thioether (sulfide) groups is 1. The summed E-state index contributed by atoms with van der Waals surface area (Å²) in [6.45, 7) is 0. The number of aromatic nitrogens is 5. The van der Waals surface area contributed by atoms with E-state index in [0.29, 0.717) is 23.0 Å². The van der Waals surface area contributed by atoms with Gasteiger partial charge < -0.3 is 4.90 Å². The fourth-order valence-corrected chi connectivity index (χ4v) is 5.96. The maximum atomic E-state index is 13.3. The first kappa shape index (κ1) is 20.6. The van der Waals surface area contributed by atoms with Gasteiger partial charge in [-0.1, -0.05) is 50.3 Å². The highest BCUT2D eigenvalue weighted by Crippen LogP contribution is 2.31. The Balaban J connectivity index is 1.39. The van der Waals surface area contributed by atoms with Crippen molar-refractivity contribution >= 4 is 34.3 Å². The van der Waals surface area contributed by atoms with Crippen LogP contribution >= 0.6 is 23.1 Å². The summed E-state index contributed by atoms with van der Waals surface area (Å²) in [5.41, 5.74) is 0.931. The van der Waals surface area contributed by atoms with E-state index in [1.807, 2.05) is 12.4 Å². The summed E-state index contributed by atoms with van der Waals surface area (Å²) in [7, 11) is 1.82. The van der Waals surface area contributed by atoms with Crippen molar-refractivity contribution in [3.8, 4) is 0 Å². The summed E-state index contributed by atoms with van der Waals surface area (Å²) in [5.74, 6) is 0.676. The van der Waals surface area contributed by atoms with Crippen LogP contribution < -0.4 is 5.32 Å². The van der Waals surface area contributed by atoms with Crippen LogP contribution in [0.1, 0.15) is 69.9 Å². The molecule has 2 aliphatic carbocycles. The Morgan fingerprint density at radius 2 is 1.83 bits per heavy atom. The number of anilines is 1. The zero-order valence-corrected chi connectivity index (χ0v) is 18.6. The van der Waals surface area contributed by atoms with Gasteiger partial charge in [-0.15, -0.1) is 16.4 Å². The highest BCUT2D eigenvalue weighted by atomic mass is 32.2. The maximum absolute atomic E-state index is 13.3. The number of nitrogens with zero attached hydrogens (tertiary/aromatic N) is 6. The monoisotopic (exact) mass is 435 g/mol. The number of hydrogen-bond donors (Lipinski definition) is 1. The molecule has 0 spiro atoms. The largest absolute Gasteiger partial charge is 0.324 e. The summed E-state index contributed by atoms with van der Waals surface area (Å²) in [5, 5.41) is 18.0. The summed E-state index contributed by atoms with van der Waals surface area (Å²) in [4.78, 5) is 20.0. The van der Waals surface area contributed by atoms with E-state index in [0.717, 1.165) is 36.5 Å². The molecule has 0 aliphatic heterocycles. The number of urea groups is 1. The molecule has 158 valence electrons. The molecule has 0 atom stereocenters. The molecular formula is C19H29N7OS2. The number of aryl methyl sites for hydroxylation is 1. The van der Waals surface area contributed by atoms with Crippen molar-refractivity contribution in [1.82, 2.24) is 30.1 Å². The lowest BCUT2D eigenvalue weighted by atomic mass is 9.89. The number of amides is 2. The predicted octanol–water partition coefficient (Wildman–Crippen LogP) is 4.46. The molecular weight excluding hydrogens is 406 g/mol. The Hall–Kier alpha value is -1.68. The van der Waals surface area contributed by atoms with Gasteiger partial charge in [0.15, 0.2) is 5.13 Å². The number of carbonyl (C=O) groups excluding carboxylic acids is 1. The van der Waals surface area contributed by atoms with E-state index in [2.05, 4.69) is 30.7 Å². The zero-order chi connectivity index (χ0) is 20.1. The van der Waals surface area contributed by atoms with E-state index in [1.54, 1.807) is 4.68 Å². The lowest BCUT2D eigenvalue weighted by molar-refractivity contribution is 0.114. The molecule has 2 aromatic heterocycles. The molecule has 10 heteroatoms. The number of nitrogens with one attached hydrogen (secondary N) is 1. The first-order chi connectivity index (χ1) is 14.2. The minimum atomic E-state index is 0.0369. The number of carbonyl (C=O) groups is 1. The van der Waals surface area contributed by atoms with E-state index in [-0.39, 0.29) is 6.03 Å². The van der Waals surface area contributed by atoms with Crippen LogP contribution in [0.4, 0.5) is 9.93 Å². The highest BCUT2D eigenvalue weighted by molar-refractivity contribution is 7.98. The smallest absolute Gasteiger partial charge is 0.319 e. The van der Waals surface area contributed by atoms with Gasteiger partial charge in [0.2, 0.25) is 5.16 Å². The normalized spacial score (nSPS) is 18.7. The number of thiazole rings is 1. The number of tetrazole rings is 1.